The van der Waals surface area contributed by atoms with Gasteiger partial charge in [0, 0.05) is 26.2 Å². The summed E-state index contributed by atoms with van der Waals surface area (Å²) >= 11 is 0. The van der Waals surface area contributed by atoms with E-state index < -0.39 is 0 Å². The highest BCUT2D eigenvalue weighted by molar-refractivity contribution is 5.88. The summed E-state index contributed by atoms with van der Waals surface area (Å²) in [7, 11) is 0. The molecule has 150 valence electrons. The van der Waals surface area contributed by atoms with Crippen LogP contribution in [0.3, 0.4) is 0 Å². The number of hydrogen-bond acceptors (Lipinski definition) is 5. The average Bonchev–Trinajstić information content (AvgIpc) is 3.11. The van der Waals surface area contributed by atoms with Gasteiger partial charge >= 0.3 is 0 Å². The quantitative estimate of drug-likeness (QED) is 0.708. The first-order valence-electron chi connectivity index (χ1n) is 10.3. The number of hydrogen-bond donors (Lipinski definition) is 2. The minimum absolute atomic E-state index is 0.0265. The molecule has 1 aromatic heterocycles. The molecule has 0 bridgehead atoms. The molecule has 0 spiro atoms. The fraction of sp³-hybridized carbons (Fsp3) is 0.789. The van der Waals surface area contributed by atoms with Gasteiger partial charge in [-0.2, -0.15) is 0 Å². The van der Waals surface area contributed by atoms with Crippen LogP contribution in [0.5, 0.6) is 0 Å². The molecular weight excluding hydrogens is 344 g/mol. The third kappa shape index (κ3) is 5.51. The zero-order valence-electron chi connectivity index (χ0n) is 16.3. The lowest BCUT2D eigenvalue weighted by Crippen LogP contribution is -2.57. The maximum absolute atomic E-state index is 12.5. The summed E-state index contributed by atoms with van der Waals surface area (Å²) in [6.07, 6.45) is 9.24. The first kappa shape index (κ1) is 19.8. The van der Waals surface area contributed by atoms with Crippen molar-refractivity contribution in [1.29, 1.82) is 0 Å². The summed E-state index contributed by atoms with van der Waals surface area (Å²) in [6, 6.07) is -0.366. The summed E-state index contributed by atoms with van der Waals surface area (Å²) in [5.74, 6) is 1.26. The highest BCUT2D eigenvalue weighted by atomic mass is 16.2. The molecule has 2 fully saturated rings. The summed E-state index contributed by atoms with van der Waals surface area (Å²) < 4.78 is 1.95. The van der Waals surface area contributed by atoms with E-state index in [4.69, 9.17) is 0 Å². The molecule has 1 aliphatic heterocycles. The van der Waals surface area contributed by atoms with E-state index in [1.54, 1.807) is 6.33 Å². The number of aryl methyl sites for hydroxylation is 1. The summed E-state index contributed by atoms with van der Waals surface area (Å²) in [5.41, 5.74) is 0. The molecule has 3 rings (SSSR count). The highest BCUT2D eigenvalue weighted by Crippen LogP contribution is 2.25. The van der Waals surface area contributed by atoms with E-state index in [0.29, 0.717) is 19.0 Å². The van der Waals surface area contributed by atoms with Gasteiger partial charge in [0.1, 0.15) is 6.33 Å². The third-order valence-corrected chi connectivity index (χ3v) is 5.64. The van der Waals surface area contributed by atoms with Crippen molar-refractivity contribution < 1.29 is 9.59 Å². The molecule has 2 aliphatic rings. The van der Waals surface area contributed by atoms with Crippen LogP contribution < -0.4 is 10.6 Å². The van der Waals surface area contributed by atoms with E-state index in [0.717, 1.165) is 31.9 Å². The van der Waals surface area contributed by atoms with Gasteiger partial charge < -0.3 is 15.2 Å². The Hall–Kier alpha value is -1.96. The standard InChI is InChI=1S/C19H32N6O2/c1-2-9-25-14-22-23-17(25)12-21-18(26)11-16-19(27)20-8-10-24(16)13-15-6-4-3-5-7-15/h14-16H,2-13H2,1H3,(H,20,27)(H,21,26)/t16-/m1/s1. The van der Waals surface area contributed by atoms with Crippen molar-refractivity contribution in [2.75, 3.05) is 19.6 Å². The monoisotopic (exact) mass is 376 g/mol. The zero-order valence-corrected chi connectivity index (χ0v) is 16.3. The van der Waals surface area contributed by atoms with Crippen LogP contribution in [0.2, 0.25) is 0 Å². The Kier molecular flexibility index (Phi) is 7.20. The minimum Gasteiger partial charge on any atom is -0.353 e. The van der Waals surface area contributed by atoms with E-state index in [1.165, 1.54) is 32.1 Å². The molecule has 1 aliphatic carbocycles. The summed E-state index contributed by atoms with van der Waals surface area (Å²) in [4.78, 5) is 27.1. The Balaban J connectivity index is 1.53. The van der Waals surface area contributed by atoms with E-state index >= 15 is 0 Å². The Morgan fingerprint density at radius 2 is 2.15 bits per heavy atom. The number of carbonyl (C=O) groups excluding carboxylic acids is 2. The van der Waals surface area contributed by atoms with E-state index in [-0.39, 0.29) is 24.3 Å². The Bertz CT molecular complexity index is 625. The topological polar surface area (TPSA) is 92.1 Å². The van der Waals surface area contributed by atoms with Gasteiger partial charge in [-0.3, -0.25) is 14.5 Å². The van der Waals surface area contributed by atoms with Gasteiger partial charge in [-0.05, 0) is 25.2 Å². The van der Waals surface area contributed by atoms with Crippen LogP contribution in [0, 0.1) is 5.92 Å². The number of nitrogens with one attached hydrogen (secondary N) is 2. The van der Waals surface area contributed by atoms with Crippen molar-refractivity contribution in [2.24, 2.45) is 5.92 Å². The van der Waals surface area contributed by atoms with Crippen LogP contribution in [-0.2, 0) is 22.7 Å². The van der Waals surface area contributed by atoms with Crippen LogP contribution in [0.15, 0.2) is 6.33 Å². The molecule has 0 unspecified atom stereocenters. The number of piperazine rings is 1. The van der Waals surface area contributed by atoms with Crippen molar-refractivity contribution in [1.82, 2.24) is 30.3 Å². The zero-order chi connectivity index (χ0) is 19.1. The van der Waals surface area contributed by atoms with Crippen molar-refractivity contribution in [3.05, 3.63) is 12.2 Å². The van der Waals surface area contributed by atoms with Gasteiger partial charge in [-0.1, -0.05) is 26.2 Å². The van der Waals surface area contributed by atoms with E-state index in [2.05, 4.69) is 32.7 Å². The van der Waals surface area contributed by atoms with Gasteiger partial charge in [-0.15, -0.1) is 10.2 Å². The molecule has 8 nitrogen and oxygen atoms in total. The molecule has 27 heavy (non-hydrogen) atoms. The molecule has 0 aromatic carbocycles. The molecule has 1 saturated heterocycles. The first-order valence-corrected chi connectivity index (χ1v) is 10.3. The number of nitrogens with zero attached hydrogens (tertiary/aromatic N) is 4. The number of rotatable bonds is 8. The second-order valence-electron chi connectivity index (χ2n) is 7.73. The molecule has 8 heteroatoms. The van der Waals surface area contributed by atoms with Gasteiger partial charge in [0.2, 0.25) is 11.8 Å². The lowest BCUT2D eigenvalue weighted by Gasteiger charge is -2.37. The van der Waals surface area contributed by atoms with Gasteiger partial charge in [0.25, 0.3) is 0 Å². The molecule has 1 aromatic rings. The molecule has 2 N–H and O–H groups in total. The average molecular weight is 377 g/mol. The van der Waals surface area contributed by atoms with Crippen LogP contribution >= 0.6 is 0 Å². The van der Waals surface area contributed by atoms with Gasteiger partial charge in [0.05, 0.1) is 19.0 Å². The predicted octanol–water partition coefficient (Wildman–Crippen LogP) is 1.08. The van der Waals surface area contributed by atoms with Crippen molar-refractivity contribution >= 4 is 11.8 Å². The number of aromatic nitrogens is 3. The Labute approximate surface area is 161 Å². The van der Waals surface area contributed by atoms with Crippen LogP contribution in [0.4, 0.5) is 0 Å². The summed E-state index contributed by atoms with van der Waals surface area (Å²) in [6.45, 7) is 5.68. The van der Waals surface area contributed by atoms with Crippen LogP contribution in [-0.4, -0.2) is 57.2 Å². The van der Waals surface area contributed by atoms with Crippen molar-refractivity contribution in [3.63, 3.8) is 0 Å². The molecule has 1 saturated carbocycles. The SMILES string of the molecule is CCCn1cnnc1CNC(=O)C[C@@H]1C(=O)NCCN1CC1CCCCC1. The molecule has 0 radical (unpaired) electrons. The Morgan fingerprint density at radius 1 is 1.33 bits per heavy atom. The van der Waals surface area contributed by atoms with Crippen molar-refractivity contribution in [3.8, 4) is 0 Å². The van der Waals surface area contributed by atoms with Crippen LogP contribution in [0.25, 0.3) is 0 Å². The lowest BCUT2D eigenvalue weighted by molar-refractivity contribution is -0.134. The largest absolute Gasteiger partial charge is 0.353 e. The van der Waals surface area contributed by atoms with Gasteiger partial charge in [0.15, 0.2) is 5.82 Å². The third-order valence-electron chi connectivity index (χ3n) is 5.64. The Morgan fingerprint density at radius 3 is 2.93 bits per heavy atom. The smallest absolute Gasteiger partial charge is 0.237 e. The second kappa shape index (κ2) is 9.82. The highest BCUT2D eigenvalue weighted by Gasteiger charge is 2.33. The number of carbonyl (C=O) groups is 2. The molecule has 2 amide bonds. The fourth-order valence-electron chi connectivity index (χ4n) is 4.17. The van der Waals surface area contributed by atoms with E-state index in [1.807, 2.05) is 4.57 Å². The predicted molar refractivity (Wildman–Crippen MR) is 102 cm³/mol. The molecular formula is C19H32N6O2. The maximum Gasteiger partial charge on any atom is 0.237 e. The van der Waals surface area contributed by atoms with Crippen LogP contribution in [0.1, 0.15) is 57.7 Å². The van der Waals surface area contributed by atoms with E-state index in [9.17, 15) is 9.59 Å². The fourth-order valence-corrected chi connectivity index (χ4v) is 4.17. The van der Waals surface area contributed by atoms with Crippen molar-refractivity contribution in [2.45, 2.75) is 71.0 Å². The minimum atomic E-state index is -0.366. The normalized spacial score (nSPS) is 21.8. The first-order chi connectivity index (χ1) is 13.2. The lowest BCUT2D eigenvalue weighted by atomic mass is 9.88. The number of amides is 2. The van der Waals surface area contributed by atoms with Gasteiger partial charge in [-0.25, -0.2) is 0 Å². The molecule has 1 atom stereocenters. The second-order valence-corrected chi connectivity index (χ2v) is 7.73. The maximum atomic E-state index is 12.5. The molecule has 2 heterocycles. The summed E-state index contributed by atoms with van der Waals surface area (Å²) in [5, 5.41) is 13.8.